The van der Waals surface area contributed by atoms with Gasteiger partial charge >= 0.3 is 0 Å². The number of rotatable bonds is 0. The van der Waals surface area contributed by atoms with Crippen LogP contribution in [0.2, 0.25) is 0 Å². The molecule has 2 bridgehead atoms. The summed E-state index contributed by atoms with van der Waals surface area (Å²) in [5.41, 5.74) is 10.8. The van der Waals surface area contributed by atoms with E-state index in [0.717, 1.165) is 17.7 Å². The smallest absolute Gasteiger partial charge is 0.248 e. The van der Waals surface area contributed by atoms with Gasteiger partial charge in [-0.2, -0.15) is 0 Å². The normalized spacial score (nSPS) is 32.8. The minimum Gasteiger partial charge on any atom is -0.325 e. The molecule has 2 aliphatic carbocycles. The monoisotopic (exact) mass is 270 g/mol. The Bertz CT molecular complexity index is 693. The molecule has 20 heavy (non-hydrogen) atoms. The van der Waals surface area contributed by atoms with Crippen LogP contribution in [0.3, 0.4) is 0 Å². The number of nitrogens with one attached hydrogen (secondary N) is 1. The molecule has 3 heteroatoms. The third-order valence-electron chi connectivity index (χ3n) is 4.99. The highest BCUT2D eigenvalue weighted by atomic mass is 16.1. The Balaban J connectivity index is 2.41. The van der Waals surface area contributed by atoms with E-state index < -0.39 is 5.54 Å². The molecule has 1 aromatic rings. The SMILES string of the molecule is CC=C1C2C=C(C)C[C@]1(N)c1ccc(=O)[nH]c1C2(C)C. The van der Waals surface area contributed by atoms with Crippen molar-refractivity contribution in [2.45, 2.75) is 45.1 Å². The van der Waals surface area contributed by atoms with Gasteiger partial charge in [-0.05, 0) is 37.5 Å². The van der Waals surface area contributed by atoms with Gasteiger partial charge in [0.2, 0.25) is 5.56 Å². The predicted octanol–water partition coefficient (Wildman–Crippen LogP) is 2.73. The first-order chi connectivity index (χ1) is 9.30. The summed E-state index contributed by atoms with van der Waals surface area (Å²) >= 11 is 0. The minimum atomic E-state index is -0.479. The molecule has 0 saturated heterocycles. The van der Waals surface area contributed by atoms with Crippen LogP contribution in [0.4, 0.5) is 0 Å². The summed E-state index contributed by atoms with van der Waals surface area (Å²) in [6.07, 6.45) is 5.29. The third kappa shape index (κ3) is 1.53. The van der Waals surface area contributed by atoms with E-state index in [1.807, 2.05) is 6.07 Å². The summed E-state index contributed by atoms with van der Waals surface area (Å²) in [7, 11) is 0. The number of nitrogens with two attached hydrogens (primary N) is 1. The summed E-state index contributed by atoms with van der Waals surface area (Å²) in [4.78, 5) is 14.8. The van der Waals surface area contributed by atoms with Crippen LogP contribution < -0.4 is 11.3 Å². The van der Waals surface area contributed by atoms with Crippen LogP contribution >= 0.6 is 0 Å². The number of fused-ring (bicyclic) bond motifs is 4. The Hall–Kier alpha value is -1.61. The van der Waals surface area contributed by atoms with Gasteiger partial charge in [0.1, 0.15) is 0 Å². The summed E-state index contributed by atoms with van der Waals surface area (Å²) in [5, 5.41) is 0. The molecule has 2 atom stereocenters. The van der Waals surface area contributed by atoms with Crippen LogP contribution in [0.5, 0.6) is 0 Å². The van der Waals surface area contributed by atoms with Gasteiger partial charge in [0.05, 0.1) is 5.54 Å². The molecule has 2 aliphatic rings. The molecule has 1 heterocycles. The standard InChI is InChI=1S/C17H22N2O/c1-5-11-13-8-10(2)9-17(11,18)12-6-7-14(20)19-15(12)16(13,3)4/h5-8,13H,9,18H2,1-4H3,(H,19,20)/t13?,17-/m1/s1. The molecule has 0 saturated carbocycles. The molecule has 1 aromatic heterocycles. The number of aromatic nitrogens is 1. The quantitative estimate of drug-likeness (QED) is 0.712. The Morgan fingerprint density at radius 2 is 2.10 bits per heavy atom. The van der Waals surface area contributed by atoms with E-state index in [1.54, 1.807) is 6.07 Å². The molecule has 3 nitrogen and oxygen atoms in total. The van der Waals surface area contributed by atoms with Gasteiger partial charge in [-0.1, -0.05) is 31.6 Å². The highest BCUT2D eigenvalue weighted by molar-refractivity contribution is 5.53. The van der Waals surface area contributed by atoms with E-state index in [0.29, 0.717) is 0 Å². The van der Waals surface area contributed by atoms with E-state index in [9.17, 15) is 4.79 Å². The molecule has 3 rings (SSSR count). The molecule has 3 N–H and O–H groups in total. The maximum Gasteiger partial charge on any atom is 0.248 e. The van der Waals surface area contributed by atoms with Gasteiger partial charge in [-0.25, -0.2) is 0 Å². The zero-order chi connectivity index (χ0) is 14.7. The fourth-order valence-electron chi connectivity index (χ4n) is 4.05. The van der Waals surface area contributed by atoms with Crippen molar-refractivity contribution in [1.82, 2.24) is 4.98 Å². The van der Waals surface area contributed by atoms with Crippen molar-refractivity contribution in [1.29, 1.82) is 0 Å². The summed E-state index contributed by atoms with van der Waals surface area (Å²) in [6.45, 7) is 8.58. The molecule has 0 aliphatic heterocycles. The Labute approximate surface area is 119 Å². The molecule has 0 fully saturated rings. The summed E-state index contributed by atoms with van der Waals surface area (Å²) in [6, 6.07) is 3.50. The Kier molecular flexibility index (Phi) is 2.64. The highest BCUT2D eigenvalue weighted by Crippen LogP contribution is 2.54. The minimum absolute atomic E-state index is 0.0527. The lowest BCUT2D eigenvalue weighted by Gasteiger charge is -2.52. The van der Waals surface area contributed by atoms with Gasteiger partial charge in [-0.15, -0.1) is 0 Å². The largest absolute Gasteiger partial charge is 0.325 e. The lowest BCUT2D eigenvalue weighted by atomic mass is 9.55. The molecule has 0 aromatic carbocycles. The molecular formula is C17H22N2O. The molecule has 0 spiro atoms. The maximum absolute atomic E-state index is 11.7. The van der Waals surface area contributed by atoms with Gasteiger partial charge in [-0.3, -0.25) is 4.79 Å². The van der Waals surface area contributed by atoms with Crippen LogP contribution in [-0.2, 0) is 11.0 Å². The first-order valence-electron chi connectivity index (χ1n) is 7.18. The lowest BCUT2D eigenvalue weighted by molar-refractivity contribution is 0.298. The Morgan fingerprint density at radius 3 is 2.75 bits per heavy atom. The van der Waals surface area contributed by atoms with Crippen molar-refractivity contribution in [3.63, 3.8) is 0 Å². The number of aromatic amines is 1. The topological polar surface area (TPSA) is 58.9 Å². The Morgan fingerprint density at radius 1 is 1.40 bits per heavy atom. The average Bonchev–Trinajstić information content (AvgIpc) is 2.36. The van der Waals surface area contributed by atoms with Gasteiger partial charge in [0.15, 0.2) is 0 Å². The van der Waals surface area contributed by atoms with Crippen LogP contribution in [0.1, 0.15) is 45.4 Å². The van der Waals surface area contributed by atoms with Crippen LogP contribution in [0.25, 0.3) is 0 Å². The van der Waals surface area contributed by atoms with E-state index in [2.05, 4.69) is 44.8 Å². The van der Waals surface area contributed by atoms with Crippen molar-refractivity contribution in [2.24, 2.45) is 11.7 Å². The second-order valence-electron chi connectivity index (χ2n) is 6.72. The molecule has 0 radical (unpaired) electrons. The predicted molar refractivity (Wildman–Crippen MR) is 81.6 cm³/mol. The fourth-order valence-corrected chi connectivity index (χ4v) is 4.05. The lowest BCUT2D eigenvalue weighted by Crippen LogP contribution is -2.54. The van der Waals surface area contributed by atoms with E-state index >= 15 is 0 Å². The summed E-state index contributed by atoms with van der Waals surface area (Å²) in [5.74, 6) is 0.247. The average molecular weight is 270 g/mol. The molecule has 1 unspecified atom stereocenters. The van der Waals surface area contributed by atoms with Crippen molar-refractivity contribution in [3.05, 3.63) is 57.0 Å². The zero-order valence-electron chi connectivity index (χ0n) is 12.6. The first-order valence-corrected chi connectivity index (χ1v) is 7.18. The number of hydrogen-bond acceptors (Lipinski definition) is 2. The second kappa shape index (κ2) is 3.95. The summed E-state index contributed by atoms with van der Waals surface area (Å²) < 4.78 is 0. The third-order valence-corrected chi connectivity index (χ3v) is 4.99. The van der Waals surface area contributed by atoms with Crippen molar-refractivity contribution >= 4 is 0 Å². The highest BCUT2D eigenvalue weighted by Gasteiger charge is 2.51. The molecular weight excluding hydrogens is 248 g/mol. The van der Waals surface area contributed by atoms with Crippen LogP contribution in [0.15, 0.2) is 40.2 Å². The molecule has 106 valence electrons. The van der Waals surface area contributed by atoms with Crippen molar-refractivity contribution in [2.75, 3.05) is 0 Å². The van der Waals surface area contributed by atoms with Crippen LogP contribution in [0, 0.1) is 5.92 Å². The van der Waals surface area contributed by atoms with Gasteiger partial charge < -0.3 is 10.7 Å². The van der Waals surface area contributed by atoms with Crippen LogP contribution in [-0.4, -0.2) is 4.98 Å². The van der Waals surface area contributed by atoms with Crippen molar-refractivity contribution in [3.8, 4) is 0 Å². The van der Waals surface area contributed by atoms with Gasteiger partial charge in [0.25, 0.3) is 0 Å². The fraction of sp³-hybridized carbons (Fsp3) is 0.471. The van der Waals surface area contributed by atoms with E-state index in [1.165, 1.54) is 11.1 Å². The van der Waals surface area contributed by atoms with Gasteiger partial charge in [0, 0.05) is 23.1 Å². The van der Waals surface area contributed by atoms with Crippen molar-refractivity contribution < 1.29 is 0 Å². The zero-order valence-corrected chi connectivity index (χ0v) is 12.6. The maximum atomic E-state index is 11.7. The number of pyridine rings is 1. The number of hydrogen-bond donors (Lipinski definition) is 2. The number of H-pyrrole nitrogens is 1. The van der Waals surface area contributed by atoms with E-state index in [4.69, 9.17) is 5.73 Å². The van der Waals surface area contributed by atoms with E-state index in [-0.39, 0.29) is 16.9 Å². The molecule has 0 amide bonds. The number of allylic oxidation sites excluding steroid dienone is 2. The first kappa shape index (κ1) is 13.4. The second-order valence-corrected chi connectivity index (χ2v) is 6.72.